The minimum atomic E-state index is -1.05. The quantitative estimate of drug-likeness (QED) is 0.706. The number of hydrogen-bond donors (Lipinski definition) is 2. The highest BCUT2D eigenvalue weighted by Gasteiger charge is 2.49. The summed E-state index contributed by atoms with van der Waals surface area (Å²) in [7, 11) is 0. The van der Waals surface area contributed by atoms with Gasteiger partial charge in [0, 0.05) is 42.2 Å². The van der Waals surface area contributed by atoms with E-state index in [0.717, 1.165) is 30.5 Å². The van der Waals surface area contributed by atoms with Gasteiger partial charge in [-0.15, -0.1) is 0 Å². The molecule has 2 aromatic rings. The fourth-order valence-electron chi connectivity index (χ4n) is 4.91. The van der Waals surface area contributed by atoms with Gasteiger partial charge in [0.05, 0.1) is 6.61 Å². The second kappa shape index (κ2) is 9.64. The molecule has 0 aliphatic carbocycles. The van der Waals surface area contributed by atoms with E-state index >= 15 is 0 Å². The Labute approximate surface area is 194 Å². The predicted molar refractivity (Wildman–Crippen MR) is 125 cm³/mol. The van der Waals surface area contributed by atoms with E-state index < -0.39 is 5.60 Å². The van der Waals surface area contributed by atoms with Crippen molar-refractivity contribution in [1.82, 2.24) is 9.80 Å². The Morgan fingerprint density at radius 2 is 1.76 bits per heavy atom. The first-order valence-electron chi connectivity index (χ1n) is 11.5. The standard InChI is InChI=1S/C27H31FN2O3/c1-27(2,33)14-13-19-5-7-20(8-6-19)25-23-17-29(15-3-4-16-30(23)24(25)18-31)26(32)21-9-11-22(28)12-10-21/h5-12,23-25,31,33H,3-4,15-18H2,1-2H3/t23-,24+,25+/m0/s1. The van der Waals surface area contributed by atoms with Crippen LogP contribution in [-0.4, -0.2) is 69.8 Å². The molecule has 2 aromatic carbocycles. The summed E-state index contributed by atoms with van der Waals surface area (Å²) in [6.07, 6.45) is 1.85. The topological polar surface area (TPSA) is 64.0 Å². The molecule has 33 heavy (non-hydrogen) atoms. The number of benzene rings is 2. The van der Waals surface area contributed by atoms with Crippen molar-refractivity contribution in [2.24, 2.45) is 0 Å². The van der Waals surface area contributed by atoms with E-state index in [-0.39, 0.29) is 36.3 Å². The van der Waals surface area contributed by atoms with Crippen LogP contribution in [0.5, 0.6) is 0 Å². The van der Waals surface area contributed by atoms with Crippen LogP contribution in [0.15, 0.2) is 48.5 Å². The fraction of sp³-hybridized carbons (Fsp3) is 0.444. The molecule has 2 fully saturated rings. The molecule has 4 rings (SSSR count). The van der Waals surface area contributed by atoms with Crippen LogP contribution in [0.1, 0.15) is 54.1 Å². The van der Waals surface area contributed by atoms with Crippen LogP contribution in [0.25, 0.3) is 0 Å². The van der Waals surface area contributed by atoms with Crippen LogP contribution in [-0.2, 0) is 0 Å². The number of aliphatic hydroxyl groups is 2. The maximum absolute atomic E-state index is 13.3. The zero-order valence-electron chi connectivity index (χ0n) is 19.2. The fourth-order valence-corrected chi connectivity index (χ4v) is 4.91. The van der Waals surface area contributed by atoms with Crippen molar-refractivity contribution in [3.05, 3.63) is 71.0 Å². The summed E-state index contributed by atoms with van der Waals surface area (Å²) in [5, 5.41) is 19.9. The molecule has 0 saturated carbocycles. The molecule has 0 radical (unpaired) electrons. The lowest BCUT2D eigenvalue weighted by atomic mass is 9.74. The first kappa shape index (κ1) is 23.4. The molecule has 1 amide bonds. The smallest absolute Gasteiger partial charge is 0.253 e. The monoisotopic (exact) mass is 450 g/mol. The van der Waals surface area contributed by atoms with Gasteiger partial charge in [-0.25, -0.2) is 4.39 Å². The Morgan fingerprint density at radius 3 is 2.39 bits per heavy atom. The normalized spacial score (nSPS) is 23.4. The molecule has 2 N–H and O–H groups in total. The molecule has 2 aliphatic heterocycles. The molecule has 2 heterocycles. The van der Waals surface area contributed by atoms with Gasteiger partial charge in [0.2, 0.25) is 0 Å². The van der Waals surface area contributed by atoms with Gasteiger partial charge in [0.1, 0.15) is 11.4 Å². The van der Waals surface area contributed by atoms with Crippen LogP contribution in [0.4, 0.5) is 4.39 Å². The van der Waals surface area contributed by atoms with Crippen LogP contribution in [0, 0.1) is 17.7 Å². The second-order valence-electron chi connectivity index (χ2n) is 9.48. The molecule has 0 unspecified atom stereocenters. The third-order valence-electron chi connectivity index (χ3n) is 6.56. The van der Waals surface area contributed by atoms with Crippen molar-refractivity contribution in [1.29, 1.82) is 0 Å². The molecule has 2 aliphatic rings. The maximum atomic E-state index is 13.3. The van der Waals surface area contributed by atoms with E-state index in [1.54, 1.807) is 13.8 Å². The SMILES string of the molecule is CC(C)(O)C#Cc1ccc([C@H]2[C@@H](CO)N3CCCCN(C(=O)c4ccc(F)cc4)C[C@@H]23)cc1. The van der Waals surface area contributed by atoms with Gasteiger partial charge in [-0.2, -0.15) is 0 Å². The molecule has 5 nitrogen and oxygen atoms in total. The van der Waals surface area contributed by atoms with E-state index in [1.807, 2.05) is 29.2 Å². The summed E-state index contributed by atoms with van der Waals surface area (Å²) < 4.78 is 13.3. The van der Waals surface area contributed by atoms with Crippen molar-refractivity contribution < 1.29 is 19.4 Å². The van der Waals surface area contributed by atoms with Crippen molar-refractivity contribution in [3.63, 3.8) is 0 Å². The third kappa shape index (κ3) is 5.27. The van der Waals surface area contributed by atoms with Crippen LogP contribution < -0.4 is 0 Å². The second-order valence-corrected chi connectivity index (χ2v) is 9.48. The van der Waals surface area contributed by atoms with Gasteiger partial charge < -0.3 is 15.1 Å². The third-order valence-corrected chi connectivity index (χ3v) is 6.56. The zero-order chi connectivity index (χ0) is 23.6. The molecule has 2 saturated heterocycles. The Kier molecular flexibility index (Phi) is 6.85. The first-order chi connectivity index (χ1) is 15.8. The molecule has 6 heteroatoms. The van der Waals surface area contributed by atoms with Crippen molar-refractivity contribution in [2.75, 3.05) is 26.2 Å². The Hall–Kier alpha value is -2.72. The average molecular weight is 451 g/mol. The highest BCUT2D eigenvalue weighted by Crippen LogP contribution is 2.42. The number of nitrogens with zero attached hydrogens (tertiary/aromatic N) is 2. The highest BCUT2D eigenvalue weighted by molar-refractivity contribution is 5.94. The molecule has 3 atom stereocenters. The molecule has 174 valence electrons. The number of carbonyl (C=O) groups is 1. The summed E-state index contributed by atoms with van der Waals surface area (Å²) in [5.41, 5.74) is 1.38. The van der Waals surface area contributed by atoms with E-state index in [0.29, 0.717) is 18.7 Å². The summed E-state index contributed by atoms with van der Waals surface area (Å²) in [6.45, 7) is 5.50. The lowest BCUT2D eigenvalue weighted by Gasteiger charge is -2.57. The largest absolute Gasteiger partial charge is 0.395 e. The van der Waals surface area contributed by atoms with E-state index in [9.17, 15) is 19.4 Å². The summed E-state index contributed by atoms with van der Waals surface area (Å²) in [6, 6.07) is 13.8. The van der Waals surface area contributed by atoms with Crippen LogP contribution in [0.3, 0.4) is 0 Å². The van der Waals surface area contributed by atoms with Crippen molar-refractivity contribution in [3.8, 4) is 11.8 Å². The molecule has 0 spiro atoms. The highest BCUT2D eigenvalue weighted by atomic mass is 19.1. The number of aliphatic hydroxyl groups excluding tert-OH is 1. The Bertz CT molecular complexity index is 1030. The maximum Gasteiger partial charge on any atom is 0.253 e. The molecular formula is C27H31FN2O3. The van der Waals surface area contributed by atoms with Crippen molar-refractivity contribution in [2.45, 2.75) is 50.3 Å². The summed E-state index contributed by atoms with van der Waals surface area (Å²) in [5.74, 6) is 5.48. The van der Waals surface area contributed by atoms with E-state index in [4.69, 9.17) is 0 Å². The number of hydrogen-bond acceptors (Lipinski definition) is 4. The number of fused-ring (bicyclic) bond motifs is 1. The van der Waals surface area contributed by atoms with Gasteiger partial charge in [-0.3, -0.25) is 9.69 Å². The molecule has 0 aromatic heterocycles. The number of carbonyl (C=O) groups excluding carboxylic acids is 1. The zero-order valence-corrected chi connectivity index (χ0v) is 19.2. The minimum absolute atomic E-state index is 0.0178. The first-order valence-corrected chi connectivity index (χ1v) is 11.5. The summed E-state index contributed by atoms with van der Waals surface area (Å²) in [4.78, 5) is 17.3. The molecule has 0 bridgehead atoms. The number of amides is 1. The van der Waals surface area contributed by atoms with Crippen molar-refractivity contribution >= 4 is 5.91 Å². The Balaban J connectivity index is 1.55. The lowest BCUT2D eigenvalue weighted by Crippen LogP contribution is -2.67. The average Bonchev–Trinajstić information content (AvgIpc) is 2.77. The number of rotatable bonds is 3. The van der Waals surface area contributed by atoms with Gasteiger partial charge in [0.25, 0.3) is 5.91 Å². The summed E-state index contributed by atoms with van der Waals surface area (Å²) >= 11 is 0. The van der Waals surface area contributed by atoms with Gasteiger partial charge in [-0.1, -0.05) is 24.0 Å². The van der Waals surface area contributed by atoms with Gasteiger partial charge in [-0.05, 0) is 75.2 Å². The van der Waals surface area contributed by atoms with Gasteiger partial charge in [0.15, 0.2) is 0 Å². The Morgan fingerprint density at radius 1 is 1.09 bits per heavy atom. The molecular weight excluding hydrogens is 419 g/mol. The van der Waals surface area contributed by atoms with E-state index in [2.05, 4.69) is 16.7 Å². The predicted octanol–water partition coefficient (Wildman–Crippen LogP) is 3.01. The lowest BCUT2D eigenvalue weighted by molar-refractivity contribution is -0.0606. The minimum Gasteiger partial charge on any atom is -0.395 e. The van der Waals surface area contributed by atoms with Gasteiger partial charge >= 0.3 is 0 Å². The van der Waals surface area contributed by atoms with Crippen LogP contribution in [0.2, 0.25) is 0 Å². The van der Waals surface area contributed by atoms with E-state index in [1.165, 1.54) is 24.3 Å². The van der Waals surface area contributed by atoms with Crippen LogP contribution >= 0.6 is 0 Å². The number of halogens is 1.